The Morgan fingerprint density at radius 3 is 2.61 bits per heavy atom. The van der Waals surface area contributed by atoms with Gasteiger partial charge < -0.3 is 23.8 Å². The number of hydrogen-bond donors (Lipinski definition) is 0. The molecule has 0 bridgehead atoms. The number of alkyl halides is 3. The molecule has 7 nitrogen and oxygen atoms in total. The van der Waals surface area contributed by atoms with Crippen molar-refractivity contribution in [3.05, 3.63) is 65.2 Å². The molecule has 0 N–H and O–H groups in total. The van der Waals surface area contributed by atoms with Gasteiger partial charge in [0.05, 0.1) is 37.6 Å². The molecule has 0 saturated carbocycles. The molecule has 0 aliphatic carbocycles. The molecule has 2 saturated heterocycles. The summed E-state index contributed by atoms with van der Waals surface area (Å²) < 4.78 is 62.0. The van der Waals surface area contributed by atoms with E-state index in [2.05, 4.69) is 6.07 Å². The maximum Gasteiger partial charge on any atom is 0.427 e. The van der Waals surface area contributed by atoms with Gasteiger partial charge in [-0.05, 0) is 67.0 Å². The number of amides is 1. The number of carbonyl (C=O) groups excluding carboxylic acids is 1. The molecular weight excluding hydrogens is 501 g/mol. The van der Waals surface area contributed by atoms with Crippen LogP contribution in [0.25, 0.3) is 0 Å². The Kier molecular flexibility index (Phi) is 8.80. The zero-order chi connectivity index (χ0) is 27.2. The number of ether oxygens (including phenoxy) is 4. The molecule has 2 atom stereocenters. The second kappa shape index (κ2) is 12.0. The highest BCUT2D eigenvalue weighted by Gasteiger charge is 2.46. The van der Waals surface area contributed by atoms with E-state index in [9.17, 15) is 23.2 Å². The molecule has 2 aromatic rings. The Bertz CT molecular complexity index is 1120. The topological polar surface area (TPSA) is 81.0 Å². The molecule has 2 fully saturated rings. The Morgan fingerprint density at radius 2 is 1.95 bits per heavy atom. The fourth-order valence-electron chi connectivity index (χ4n) is 5.02. The van der Waals surface area contributed by atoms with Crippen LogP contribution in [0.15, 0.2) is 48.5 Å². The third-order valence-corrected chi connectivity index (χ3v) is 7.22. The zero-order valence-corrected chi connectivity index (χ0v) is 21.2. The first-order valence-electron chi connectivity index (χ1n) is 12.6. The molecule has 10 heteroatoms. The summed E-state index contributed by atoms with van der Waals surface area (Å²) >= 11 is 0. The van der Waals surface area contributed by atoms with Crippen molar-refractivity contribution >= 4 is 6.09 Å². The Labute approximate surface area is 220 Å². The minimum Gasteiger partial charge on any atom is -0.497 e. The van der Waals surface area contributed by atoms with Crippen LogP contribution in [0.4, 0.5) is 18.0 Å². The van der Waals surface area contributed by atoms with Crippen molar-refractivity contribution in [2.75, 3.05) is 33.4 Å². The van der Waals surface area contributed by atoms with E-state index in [4.69, 9.17) is 18.9 Å². The number of benzene rings is 2. The van der Waals surface area contributed by atoms with E-state index in [1.807, 2.05) is 18.2 Å². The highest BCUT2D eigenvalue weighted by Crippen LogP contribution is 2.42. The molecule has 2 aliphatic rings. The van der Waals surface area contributed by atoms with Gasteiger partial charge in [0, 0.05) is 19.7 Å². The monoisotopic (exact) mass is 532 g/mol. The lowest BCUT2D eigenvalue weighted by Gasteiger charge is -2.46. The second-order valence-electron chi connectivity index (χ2n) is 9.72. The molecule has 2 heterocycles. The van der Waals surface area contributed by atoms with Gasteiger partial charge in [0.25, 0.3) is 0 Å². The van der Waals surface area contributed by atoms with Crippen molar-refractivity contribution in [1.29, 1.82) is 5.26 Å². The van der Waals surface area contributed by atoms with E-state index in [-0.39, 0.29) is 25.6 Å². The van der Waals surface area contributed by atoms with Gasteiger partial charge >= 0.3 is 12.3 Å². The van der Waals surface area contributed by atoms with Crippen LogP contribution in [0.5, 0.6) is 5.75 Å². The van der Waals surface area contributed by atoms with Gasteiger partial charge in [0.1, 0.15) is 5.75 Å². The smallest absolute Gasteiger partial charge is 0.427 e. The molecule has 2 aliphatic heterocycles. The molecule has 1 spiro atoms. The maximum absolute atomic E-state index is 13.6. The Balaban J connectivity index is 1.29. The first-order valence-corrected chi connectivity index (χ1v) is 12.6. The molecule has 2 aromatic carbocycles. The van der Waals surface area contributed by atoms with Crippen LogP contribution in [-0.2, 0) is 20.8 Å². The number of hydrogen-bond acceptors (Lipinski definition) is 6. The summed E-state index contributed by atoms with van der Waals surface area (Å²) in [5.74, 6) is 0.842. The summed E-state index contributed by atoms with van der Waals surface area (Å²) in [7, 11) is 1.52. The number of halogens is 3. The summed E-state index contributed by atoms with van der Waals surface area (Å²) in [6.07, 6.45) is -5.58. The van der Waals surface area contributed by atoms with E-state index >= 15 is 0 Å². The number of methoxy groups -OCH3 is 1. The largest absolute Gasteiger partial charge is 0.497 e. The highest BCUT2D eigenvalue weighted by atomic mass is 19.4. The van der Waals surface area contributed by atoms with Crippen molar-refractivity contribution in [2.45, 2.75) is 56.1 Å². The van der Waals surface area contributed by atoms with Crippen LogP contribution in [0.3, 0.4) is 0 Å². The van der Waals surface area contributed by atoms with Gasteiger partial charge in [0.15, 0.2) is 0 Å². The van der Waals surface area contributed by atoms with Crippen LogP contribution < -0.4 is 4.74 Å². The highest BCUT2D eigenvalue weighted by molar-refractivity contribution is 5.68. The van der Waals surface area contributed by atoms with E-state index in [0.29, 0.717) is 36.3 Å². The molecule has 0 aromatic heterocycles. The maximum atomic E-state index is 13.6. The summed E-state index contributed by atoms with van der Waals surface area (Å²) in [6.45, 7) is 0.164. The lowest BCUT2D eigenvalue weighted by molar-refractivity contribution is -0.220. The van der Waals surface area contributed by atoms with E-state index in [0.717, 1.165) is 18.4 Å². The van der Waals surface area contributed by atoms with Gasteiger partial charge in [-0.2, -0.15) is 18.4 Å². The van der Waals surface area contributed by atoms with Gasteiger partial charge in [-0.1, -0.05) is 24.3 Å². The molecule has 4 rings (SSSR count). The van der Waals surface area contributed by atoms with Gasteiger partial charge in [-0.3, -0.25) is 0 Å². The van der Waals surface area contributed by atoms with Crippen molar-refractivity contribution < 1.29 is 36.9 Å². The van der Waals surface area contributed by atoms with Crippen LogP contribution in [-0.4, -0.2) is 62.3 Å². The van der Waals surface area contributed by atoms with Crippen molar-refractivity contribution in [3.63, 3.8) is 0 Å². The predicted molar refractivity (Wildman–Crippen MR) is 132 cm³/mol. The van der Waals surface area contributed by atoms with Gasteiger partial charge in [-0.25, -0.2) is 4.79 Å². The Morgan fingerprint density at radius 1 is 1.21 bits per heavy atom. The number of likely N-dealkylation sites (tertiary alicyclic amines) is 1. The SMILES string of the molecule is COc1ccc(COC[C@@H](OC(=O)N2CCC3(CC2)CC(c2cccc(C#N)c2)CCO3)C(F)(F)F)cc1. The van der Waals surface area contributed by atoms with Crippen LogP contribution in [0.2, 0.25) is 0 Å². The fraction of sp³-hybridized carbons (Fsp3) is 0.500. The lowest BCUT2D eigenvalue weighted by atomic mass is 9.77. The number of rotatable bonds is 7. The first kappa shape index (κ1) is 27.7. The summed E-state index contributed by atoms with van der Waals surface area (Å²) in [5.41, 5.74) is 1.90. The van der Waals surface area contributed by atoms with Gasteiger partial charge in [-0.15, -0.1) is 0 Å². The van der Waals surface area contributed by atoms with E-state index in [1.165, 1.54) is 12.0 Å². The summed E-state index contributed by atoms with van der Waals surface area (Å²) in [6, 6.07) is 16.4. The van der Waals surface area contributed by atoms with Gasteiger partial charge in [0.2, 0.25) is 6.10 Å². The predicted octanol–water partition coefficient (Wildman–Crippen LogP) is 5.58. The molecule has 38 heavy (non-hydrogen) atoms. The third kappa shape index (κ3) is 6.97. The van der Waals surface area contributed by atoms with Crippen molar-refractivity contribution in [2.24, 2.45) is 0 Å². The van der Waals surface area contributed by atoms with E-state index in [1.54, 1.807) is 30.3 Å². The molecule has 1 amide bonds. The number of nitrogens with zero attached hydrogens (tertiary/aromatic N) is 2. The van der Waals surface area contributed by atoms with Crippen LogP contribution >= 0.6 is 0 Å². The molecule has 0 radical (unpaired) electrons. The number of nitriles is 1. The minimum atomic E-state index is -4.76. The molecule has 1 unspecified atom stereocenters. The van der Waals surface area contributed by atoms with Crippen molar-refractivity contribution in [1.82, 2.24) is 4.90 Å². The molecule has 204 valence electrons. The van der Waals surface area contributed by atoms with Crippen LogP contribution in [0, 0.1) is 11.3 Å². The van der Waals surface area contributed by atoms with Crippen molar-refractivity contribution in [3.8, 4) is 11.8 Å². The Hall–Kier alpha value is -3.29. The van der Waals surface area contributed by atoms with E-state index < -0.39 is 30.6 Å². The fourth-order valence-corrected chi connectivity index (χ4v) is 5.02. The first-order chi connectivity index (χ1) is 18.2. The lowest BCUT2D eigenvalue weighted by Crippen LogP contribution is -2.51. The third-order valence-electron chi connectivity index (χ3n) is 7.22. The quantitative estimate of drug-likeness (QED) is 0.463. The normalized spacial score (nSPS) is 20.0. The zero-order valence-electron chi connectivity index (χ0n) is 21.2. The number of piperidine rings is 1. The van der Waals surface area contributed by atoms with Crippen LogP contribution in [0.1, 0.15) is 48.3 Å². The molecular formula is C28H31F3N2O5. The summed E-state index contributed by atoms with van der Waals surface area (Å²) in [4.78, 5) is 14.0. The standard InChI is InChI=1S/C28H31F3N2O5/c1-35-24-7-5-20(6-8-24)18-36-19-25(28(29,30)31)38-26(34)33-12-10-27(11-13-33)16-23(9-14-37-27)22-4-2-3-21(15-22)17-32/h2-8,15,23,25H,9-14,16,18-19H2,1H3/t23?,25-/m1/s1. The average Bonchev–Trinajstić information content (AvgIpc) is 2.92. The average molecular weight is 533 g/mol. The second-order valence-corrected chi connectivity index (χ2v) is 9.72. The summed E-state index contributed by atoms with van der Waals surface area (Å²) in [5, 5.41) is 9.21. The minimum absolute atomic E-state index is 0.0594. The number of carbonyl (C=O) groups is 1.